The number of carbonyl (C=O) groups excluding carboxylic acids is 1. The molecular formula is C22H28ClN4O2S+. The van der Waals surface area contributed by atoms with Gasteiger partial charge in [0.15, 0.2) is 0 Å². The molecule has 2 heterocycles. The van der Waals surface area contributed by atoms with Crippen LogP contribution in [-0.2, 0) is 6.54 Å². The van der Waals surface area contributed by atoms with Crippen molar-refractivity contribution in [2.45, 2.75) is 33.7 Å². The van der Waals surface area contributed by atoms with E-state index in [4.69, 9.17) is 11.6 Å². The lowest BCUT2D eigenvalue weighted by molar-refractivity contribution is -0.896. The van der Waals surface area contributed by atoms with Crippen LogP contribution in [0.5, 0.6) is 0 Å². The van der Waals surface area contributed by atoms with Gasteiger partial charge < -0.3 is 10.2 Å². The second kappa shape index (κ2) is 10.2. The lowest BCUT2D eigenvalue weighted by Crippen LogP contribution is -3.11. The number of hydrogen-bond acceptors (Lipinski definition) is 4. The van der Waals surface area contributed by atoms with Crippen molar-refractivity contribution in [1.82, 2.24) is 14.9 Å². The molecule has 0 unspecified atom stereocenters. The maximum Gasteiger partial charge on any atom is 0.262 e. The Hall–Kier alpha value is -2.22. The number of nitrogens with zero attached hydrogens (tertiary/aromatic N) is 2. The van der Waals surface area contributed by atoms with Crippen LogP contribution in [0.15, 0.2) is 35.4 Å². The number of aromatic nitrogens is 2. The van der Waals surface area contributed by atoms with Gasteiger partial charge in [-0.1, -0.05) is 29.8 Å². The number of benzene rings is 1. The van der Waals surface area contributed by atoms with Crippen molar-refractivity contribution in [3.8, 4) is 0 Å². The van der Waals surface area contributed by atoms with Gasteiger partial charge in [-0.2, -0.15) is 0 Å². The fourth-order valence-corrected chi connectivity index (χ4v) is 4.77. The smallest absolute Gasteiger partial charge is 0.262 e. The normalized spacial score (nSPS) is 11.4. The van der Waals surface area contributed by atoms with Crippen LogP contribution in [0.1, 0.15) is 41.1 Å². The Labute approximate surface area is 185 Å². The van der Waals surface area contributed by atoms with E-state index in [9.17, 15) is 9.59 Å². The summed E-state index contributed by atoms with van der Waals surface area (Å²) < 4.78 is 1.54. The van der Waals surface area contributed by atoms with E-state index < -0.39 is 0 Å². The molecular weight excluding hydrogens is 420 g/mol. The third-order valence-corrected chi connectivity index (χ3v) is 6.98. The van der Waals surface area contributed by atoms with Crippen LogP contribution < -0.4 is 15.8 Å². The molecule has 0 bridgehead atoms. The van der Waals surface area contributed by atoms with Gasteiger partial charge >= 0.3 is 0 Å². The van der Waals surface area contributed by atoms with Gasteiger partial charge in [-0.25, -0.2) is 4.98 Å². The molecule has 0 saturated carbocycles. The van der Waals surface area contributed by atoms with Gasteiger partial charge in [0.05, 0.1) is 42.8 Å². The zero-order valence-corrected chi connectivity index (χ0v) is 19.2. The summed E-state index contributed by atoms with van der Waals surface area (Å²) >= 11 is 7.50. The minimum absolute atomic E-state index is 0.137. The molecule has 6 nitrogen and oxygen atoms in total. The van der Waals surface area contributed by atoms with Crippen LogP contribution in [0.4, 0.5) is 0 Å². The van der Waals surface area contributed by atoms with Gasteiger partial charge in [0.25, 0.3) is 11.5 Å². The van der Waals surface area contributed by atoms with E-state index >= 15 is 0 Å². The number of amides is 1. The SMILES string of the molecule is CC[NH+](CC)CCCNC(=O)c1sc2ncn(Cc3ccccc3Cl)c(=O)c2c1C. The quantitative estimate of drug-likeness (QED) is 0.495. The lowest BCUT2D eigenvalue weighted by Gasteiger charge is -2.15. The number of rotatable bonds is 9. The second-order valence-corrected chi connectivity index (χ2v) is 8.73. The van der Waals surface area contributed by atoms with Gasteiger partial charge in [0, 0.05) is 18.0 Å². The Morgan fingerprint density at radius 3 is 2.70 bits per heavy atom. The van der Waals surface area contributed by atoms with Crippen molar-refractivity contribution in [1.29, 1.82) is 0 Å². The number of hydrogen-bond donors (Lipinski definition) is 2. The molecule has 0 aliphatic heterocycles. The molecule has 160 valence electrons. The minimum atomic E-state index is -0.155. The van der Waals surface area contributed by atoms with Crippen molar-refractivity contribution in [3.63, 3.8) is 0 Å². The van der Waals surface area contributed by atoms with E-state index in [0.717, 1.165) is 31.6 Å². The van der Waals surface area contributed by atoms with E-state index in [0.29, 0.717) is 38.8 Å². The van der Waals surface area contributed by atoms with Crippen LogP contribution in [-0.4, -0.2) is 41.6 Å². The first-order valence-corrected chi connectivity index (χ1v) is 11.5. The van der Waals surface area contributed by atoms with Crippen molar-refractivity contribution in [3.05, 3.63) is 62.0 Å². The largest absolute Gasteiger partial charge is 0.351 e. The van der Waals surface area contributed by atoms with Gasteiger partial charge in [-0.05, 0) is 38.0 Å². The molecule has 3 rings (SSSR count). The van der Waals surface area contributed by atoms with Crippen LogP contribution >= 0.6 is 22.9 Å². The highest BCUT2D eigenvalue weighted by atomic mass is 35.5. The van der Waals surface area contributed by atoms with Crippen molar-refractivity contribution < 1.29 is 9.69 Å². The summed E-state index contributed by atoms with van der Waals surface area (Å²) in [5.74, 6) is -0.137. The summed E-state index contributed by atoms with van der Waals surface area (Å²) in [6, 6.07) is 7.43. The van der Waals surface area contributed by atoms with Crippen LogP contribution in [0.2, 0.25) is 5.02 Å². The van der Waals surface area contributed by atoms with E-state index in [-0.39, 0.29) is 11.5 Å². The highest BCUT2D eigenvalue weighted by molar-refractivity contribution is 7.20. The highest BCUT2D eigenvalue weighted by Crippen LogP contribution is 2.27. The number of quaternary nitrogens is 1. The Morgan fingerprint density at radius 1 is 1.27 bits per heavy atom. The summed E-state index contributed by atoms with van der Waals surface area (Å²) in [6.07, 6.45) is 2.45. The van der Waals surface area contributed by atoms with Crippen LogP contribution in [0.25, 0.3) is 10.2 Å². The standard InChI is InChI=1S/C22H27ClN4O2S/c1-4-26(5-2)12-8-11-24-20(28)19-15(3)18-21(30-19)25-14-27(22(18)29)13-16-9-6-7-10-17(16)23/h6-7,9-10,14H,4-5,8,11-13H2,1-3H3,(H,24,28)/p+1. The molecule has 0 aliphatic rings. The van der Waals surface area contributed by atoms with Gasteiger partial charge in [0.2, 0.25) is 0 Å². The van der Waals surface area contributed by atoms with Crippen LogP contribution in [0.3, 0.4) is 0 Å². The van der Waals surface area contributed by atoms with Crippen molar-refractivity contribution in [2.75, 3.05) is 26.2 Å². The lowest BCUT2D eigenvalue weighted by atomic mass is 10.2. The monoisotopic (exact) mass is 447 g/mol. The molecule has 1 aromatic carbocycles. The predicted octanol–water partition coefficient (Wildman–Crippen LogP) is 2.51. The number of halogens is 1. The molecule has 30 heavy (non-hydrogen) atoms. The third-order valence-electron chi connectivity index (χ3n) is 5.41. The first-order valence-electron chi connectivity index (χ1n) is 10.3. The average molecular weight is 448 g/mol. The van der Waals surface area contributed by atoms with Gasteiger partial charge in [0.1, 0.15) is 4.83 Å². The van der Waals surface area contributed by atoms with E-state index in [2.05, 4.69) is 24.1 Å². The number of thiophene rings is 1. The van der Waals surface area contributed by atoms with Gasteiger partial charge in [-0.15, -0.1) is 11.3 Å². The maximum absolute atomic E-state index is 13.1. The number of carbonyl (C=O) groups is 1. The topological polar surface area (TPSA) is 68.4 Å². The van der Waals surface area contributed by atoms with E-state index in [1.54, 1.807) is 6.07 Å². The summed E-state index contributed by atoms with van der Waals surface area (Å²) in [7, 11) is 0. The predicted molar refractivity (Wildman–Crippen MR) is 123 cm³/mol. The van der Waals surface area contributed by atoms with Crippen LogP contribution in [0, 0.1) is 6.92 Å². The van der Waals surface area contributed by atoms with Crippen molar-refractivity contribution in [2.24, 2.45) is 0 Å². The van der Waals surface area contributed by atoms with Gasteiger partial charge in [-0.3, -0.25) is 14.2 Å². The zero-order valence-electron chi connectivity index (χ0n) is 17.6. The average Bonchev–Trinajstić information content (AvgIpc) is 3.09. The summed E-state index contributed by atoms with van der Waals surface area (Å²) in [6.45, 7) is 10.3. The summed E-state index contributed by atoms with van der Waals surface area (Å²) in [5, 5.41) is 4.11. The Kier molecular flexibility index (Phi) is 7.64. The van der Waals surface area contributed by atoms with Crippen molar-refractivity contribution >= 4 is 39.1 Å². The fraction of sp³-hybridized carbons (Fsp3) is 0.409. The molecule has 0 atom stereocenters. The molecule has 0 saturated heterocycles. The number of aryl methyl sites for hydroxylation is 1. The Balaban J connectivity index is 1.77. The highest BCUT2D eigenvalue weighted by Gasteiger charge is 2.19. The number of nitrogens with one attached hydrogen (secondary N) is 2. The summed E-state index contributed by atoms with van der Waals surface area (Å²) in [4.78, 5) is 32.8. The minimum Gasteiger partial charge on any atom is -0.351 e. The zero-order chi connectivity index (χ0) is 21.7. The Morgan fingerprint density at radius 2 is 2.00 bits per heavy atom. The maximum atomic E-state index is 13.1. The molecule has 0 fully saturated rings. The molecule has 2 aromatic heterocycles. The molecule has 0 aliphatic carbocycles. The third kappa shape index (κ3) is 4.91. The number of fused-ring (bicyclic) bond motifs is 1. The van der Waals surface area contributed by atoms with E-state index in [1.807, 2.05) is 25.1 Å². The fourth-order valence-electron chi connectivity index (χ4n) is 3.52. The summed E-state index contributed by atoms with van der Waals surface area (Å²) in [5.41, 5.74) is 1.38. The molecule has 8 heteroatoms. The molecule has 2 N–H and O–H groups in total. The molecule has 1 amide bonds. The Bertz CT molecular complexity index is 1090. The molecule has 0 radical (unpaired) electrons. The van der Waals surface area contributed by atoms with E-state index in [1.165, 1.54) is 27.1 Å². The molecule has 3 aromatic rings. The first kappa shape index (κ1) is 22.5. The molecule has 0 spiro atoms. The second-order valence-electron chi connectivity index (χ2n) is 7.32. The first-order chi connectivity index (χ1) is 14.5.